The third-order valence-corrected chi connectivity index (χ3v) is 5.13. The molecule has 0 aliphatic heterocycles. The standard InChI is InChI=1S/C15H24N2O3S/c16-14-6-8-15(9-7-14)20-10-11-21(18,19)17-12-13-4-2-1-3-5-13/h6-9,13,17H,1-5,10-12,16H2. The molecule has 1 aliphatic carbocycles. The predicted octanol–water partition coefficient (Wildman–Crippen LogP) is 2.15. The number of nitrogens with two attached hydrogens (primary N) is 1. The Morgan fingerprint density at radius 3 is 2.48 bits per heavy atom. The lowest BCUT2D eigenvalue weighted by atomic mass is 9.90. The molecule has 0 radical (unpaired) electrons. The normalized spacial score (nSPS) is 16.8. The summed E-state index contributed by atoms with van der Waals surface area (Å²) < 4.78 is 31.9. The van der Waals surface area contributed by atoms with E-state index < -0.39 is 10.0 Å². The molecular weight excluding hydrogens is 288 g/mol. The molecule has 118 valence electrons. The van der Waals surface area contributed by atoms with Crippen LogP contribution in [-0.2, 0) is 10.0 Å². The number of nitrogen functional groups attached to an aromatic ring is 1. The monoisotopic (exact) mass is 312 g/mol. The highest BCUT2D eigenvalue weighted by molar-refractivity contribution is 7.89. The van der Waals surface area contributed by atoms with Gasteiger partial charge in [-0.25, -0.2) is 13.1 Å². The molecule has 0 saturated heterocycles. The number of sulfonamides is 1. The Morgan fingerprint density at radius 2 is 1.81 bits per heavy atom. The molecule has 1 aromatic carbocycles. The molecule has 1 fully saturated rings. The van der Waals surface area contributed by atoms with Crippen LogP contribution in [0.3, 0.4) is 0 Å². The molecule has 21 heavy (non-hydrogen) atoms. The smallest absolute Gasteiger partial charge is 0.214 e. The van der Waals surface area contributed by atoms with Crippen LogP contribution in [0.2, 0.25) is 0 Å². The summed E-state index contributed by atoms with van der Waals surface area (Å²) in [6, 6.07) is 6.92. The molecule has 5 nitrogen and oxygen atoms in total. The average Bonchev–Trinajstić information content (AvgIpc) is 2.48. The van der Waals surface area contributed by atoms with Crippen LogP contribution in [-0.4, -0.2) is 27.3 Å². The van der Waals surface area contributed by atoms with Crippen LogP contribution in [0.1, 0.15) is 32.1 Å². The zero-order chi connectivity index (χ0) is 15.1. The van der Waals surface area contributed by atoms with Crippen LogP contribution in [0, 0.1) is 5.92 Å². The average molecular weight is 312 g/mol. The SMILES string of the molecule is Nc1ccc(OCCS(=O)(=O)NCC2CCCCC2)cc1. The van der Waals surface area contributed by atoms with Crippen LogP contribution in [0.4, 0.5) is 5.69 Å². The summed E-state index contributed by atoms with van der Waals surface area (Å²) in [5.74, 6) is 1.10. The number of benzene rings is 1. The summed E-state index contributed by atoms with van der Waals surface area (Å²) in [7, 11) is -3.26. The largest absolute Gasteiger partial charge is 0.492 e. The molecule has 0 heterocycles. The number of hydrogen-bond acceptors (Lipinski definition) is 4. The second-order valence-electron chi connectivity index (χ2n) is 5.59. The van der Waals surface area contributed by atoms with Crippen molar-refractivity contribution in [2.45, 2.75) is 32.1 Å². The second-order valence-corrected chi connectivity index (χ2v) is 7.52. The van der Waals surface area contributed by atoms with Crippen molar-refractivity contribution in [2.24, 2.45) is 5.92 Å². The van der Waals surface area contributed by atoms with Crippen molar-refractivity contribution in [3.63, 3.8) is 0 Å². The third kappa shape index (κ3) is 5.93. The molecule has 0 aromatic heterocycles. The van der Waals surface area contributed by atoms with E-state index in [4.69, 9.17) is 10.5 Å². The van der Waals surface area contributed by atoms with E-state index in [-0.39, 0.29) is 12.4 Å². The summed E-state index contributed by atoms with van der Waals surface area (Å²) in [5, 5.41) is 0. The minimum atomic E-state index is -3.26. The fraction of sp³-hybridized carbons (Fsp3) is 0.600. The summed E-state index contributed by atoms with van der Waals surface area (Å²) in [4.78, 5) is 0. The van der Waals surface area contributed by atoms with Gasteiger partial charge in [0.15, 0.2) is 0 Å². The Hall–Kier alpha value is -1.27. The van der Waals surface area contributed by atoms with Crippen molar-refractivity contribution in [1.82, 2.24) is 4.72 Å². The molecule has 2 rings (SSSR count). The molecule has 0 spiro atoms. The van der Waals surface area contributed by atoms with Crippen LogP contribution in [0.15, 0.2) is 24.3 Å². The second kappa shape index (κ2) is 7.66. The van der Waals surface area contributed by atoms with Crippen molar-refractivity contribution in [3.05, 3.63) is 24.3 Å². The minimum Gasteiger partial charge on any atom is -0.492 e. The highest BCUT2D eigenvalue weighted by Gasteiger charge is 2.17. The molecule has 1 saturated carbocycles. The van der Waals surface area contributed by atoms with E-state index in [2.05, 4.69) is 4.72 Å². The first-order chi connectivity index (χ1) is 10.1. The minimum absolute atomic E-state index is 0.0237. The maximum atomic E-state index is 11.9. The Balaban J connectivity index is 1.69. The zero-order valence-corrected chi connectivity index (χ0v) is 13.1. The van der Waals surface area contributed by atoms with Gasteiger partial charge < -0.3 is 10.5 Å². The summed E-state index contributed by atoms with van der Waals surface area (Å²) in [6.07, 6.45) is 5.97. The lowest BCUT2D eigenvalue weighted by molar-refractivity contribution is 0.338. The molecule has 0 atom stereocenters. The number of hydrogen-bond donors (Lipinski definition) is 2. The van der Waals surface area contributed by atoms with E-state index >= 15 is 0 Å². The topological polar surface area (TPSA) is 81.4 Å². The predicted molar refractivity (Wildman–Crippen MR) is 84.7 cm³/mol. The summed E-state index contributed by atoms with van der Waals surface area (Å²) in [5.41, 5.74) is 6.23. The Labute approximate surface area is 126 Å². The van der Waals surface area contributed by atoms with Gasteiger partial charge in [-0.05, 0) is 43.0 Å². The Morgan fingerprint density at radius 1 is 1.14 bits per heavy atom. The van der Waals surface area contributed by atoms with Crippen molar-refractivity contribution in [1.29, 1.82) is 0 Å². The first-order valence-electron chi connectivity index (χ1n) is 7.51. The van der Waals surface area contributed by atoms with Crippen LogP contribution in [0.5, 0.6) is 5.75 Å². The van der Waals surface area contributed by atoms with Gasteiger partial charge in [0.25, 0.3) is 0 Å². The van der Waals surface area contributed by atoms with Gasteiger partial charge in [0.2, 0.25) is 10.0 Å². The van der Waals surface area contributed by atoms with E-state index in [0.29, 0.717) is 23.9 Å². The number of anilines is 1. The molecule has 3 N–H and O–H groups in total. The zero-order valence-electron chi connectivity index (χ0n) is 12.3. The Kier molecular flexibility index (Phi) is 5.87. The van der Waals surface area contributed by atoms with Crippen molar-refractivity contribution in [3.8, 4) is 5.75 Å². The number of ether oxygens (including phenoxy) is 1. The van der Waals surface area contributed by atoms with E-state index in [1.165, 1.54) is 19.3 Å². The van der Waals surface area contributed by atoms with E-state index in [0.717, 1.165) is 12.8 Å². The van der Waals surface area contributed by atoms with Gasteiger partial charge in [-0.15, -0.1) is 0 Å². The van der Waals surface area contributed by atoms with Crippen LogP contribution >= 0.6 is 0 Å². The maximum Gasteiger partial charge on any atom is 0.214 e. The molecule has 6 heteroatoms. The lowest BCUT2D eigenvalue weighted by Gasteiger charge is -2.21. The fourth-order valence-corrected chi connectivity index (χ4v) is 3.48. The number of rotatable bonds is 7. The first-order valence-corrected chi connectivity index (χ1v) is 9.16. The quantitative estimate of drug-likeness (QED) is 0.756. The third-order valence-electron chi connectivity index (χ3n) is 3.82. The van der Waals surface area contributed by atoms with Gasteiger partial charge >= 0.3 is 0 Å². The molecule has 0 unspecified atom stereocenters. The molecular formula is C15H24N2O3S. The Bertz CT molecular complexity index is 522. The van der Waals surface area contributed by atoms with E-state index in [1.807, 2.05) is 0 Å². The van der Waals surface area contributed by atoms with Crippen LogP contribution in [0.25, 0.3) is 0 Å². The maximum absolute atomic E-state index is 11.9. The summed E-state index contributed by atoms with van der Waals surface area (Å²) in [6.45, 7) is 0.703. The van der Waals surface area contributed by atoms with Gasteiger partial charge in [-0.3, -0.25) is 0 Å². The van der Waals surface area contributed by atoms with Gasteiger partial charge in [-0.1, -0.05) is 19.3 Å². The van der Waals surface area contributed by atoms with Gasteiger partial charge in [0, 0.05) is 12.2 Å². The van der Waals surface area contributed by atoms with Gasteiger partial charge in [0.1, 0.15) is 12.4 Å². The van der Waals surface area contributed by atoms with Crippen LogP contribution < -0.4 is 15.2 Å². The van der Waals surface area contributed by atoms with Crippen molar-refractivity contribution >= 4 is 15.7 Å². The van der Waals surface area contributed by atoms with Crippen molar-refractivity contribution in [2.75, 3.05) is 24.6 Å². The molecule has 1 aromatic rings. The first kappa shape index (κ1) is 16.1. The summed E-state index contributed by atoms with van der Waals surface area (Å²) >= 11 is 0. The lowest BCUT2D eigenvalue weighted by Crippen LogP contribution is -2.33. The molecule has 0 bridgehead atoms. The van der Waals surface area contributed by atoms with Gasteiger partial charge in [0.05, 0.1) is 5.75 Å². The number of nitrogens with one attached hydrogen (secondary N) is 1. The fourth-order valence-electron chi connectivity index (χ4n) is 2.54. The highest BCUT2D eigenvalue weighted by atomic mass is 32.2. The molecule has 0 amide bonds. The van der Waals surface area contributed by atoms with Gasteiger partial charge in [-0.2, -0.15) is 0 Å². The van der Waals surface area contributed by atoms with E-state index in [9.17, 15) is 8.42 Å². The van der Waals surface area contributed by atoms with Crippen molar-refractivity contribution < 1.29 is 13.2 Å². The van der Waals surface area contributed by atoms with E-state index in [1.54, 1.807) is 24.3 Å². The highest BCUT2D eigenvalue weighted by Crippen LogP contribution is 2.22. The molecule has 1 aliphatic rings.